The van der Waals surface area contributed by atoms with Gasteiger partial charge in [-0.3, -0.25) is 52.7 Å². The first-order chi connectivity index (χ1) is 37.1. The van der Waals surface area contributed by atoms with Crippen molar-refractivity contribution in [1.29, 1.82) is 0 Å². The fourth-order valence-corrected chi connectivity index (χ4v) is 8.05. The third-order valence-corrected chi connectivity index (χ3v) is 12.5. The lowest BCUT2D eigenvalue weighted by molar-refractivity contribution is -0.137. The highest BCUT2D eigenvalue weighted by Gasteiger charge is 2.38. The molecule has 23 N–H and O–H groups in total. The molecule has 0 bridgehead atoms. The van der Waals surface area contributed by atoms with E-state index in [0.29, 0.717) is 12.3 Å². The zero-order valence-corrected chi connectivity index (χ0v) is 46.6. The van der Waals surface area contributed by atoms with E-state index < -0.39 is 163 Å². The highest BCUT2D eigenvalue weighted by molar-refractivity contribution is 5.99. The Balaban J connectivity index is 3.76. The molecule has 0 aliphatic carbocycles. The number of nitrogens with one attached hydrogen (secondary N) is 11. The molecule has 0 radical (unpaired) electrons. The molecular formula is C49H91N15O15. The summed E-state index contributed by atoms with van der Waals surface area (Å²) in [6, 6.07) is -16.0. The largest absolute Gasteiger partial charge is 0.394 e. The standard InChI is InChI=1S/C49H91N15O15/c1-24(2)10-8-9-11-36(69)55-29(12-17-50)43(73)63-39(28(7)68)49(79)61-35(23-65)46(76)58-33-16-21-54-47(77)37(26(5)66)62-44(74)32(15-20-53)57-40(70)31(14-19-52)59-48(78)38(27(6)67)64-45(75)34(22-25(3)4)60-41(71)30(13-18-51)56-42(33)72/h24-35,37-39,65-68H,8-23,50-53H2,1-7H3,(H,54,77)(H,55,69)(H,56,72)(H,57,70)(H,58,76)(H,59,78)(H,60,71)(H,61,79)(H,62,74)(H,63,73)(H,64,75). The zero-order valence-electron chi connectivity index (χ0n) is 46.6. The number of aliphatic hydroxyl groups excluding tert-OH is 4. The summed E-state index contributed by atoms with van der Waals surface area (Å²) >= 11 is 0. The van der Waals surface area contributed by atoms with Crippen LogP contribution >= 0.6 is 0 Å². The van der Waals surface area contributed by atoms with Gasteiger partial charge < -0.3 is 102 Å². The molecule has 79 heavy (non-hydrogen) atoms. The Labute approximate surface area is 461 Å². The van der Waals surface area contributed by atoms with Gasteiger partial charge in [0.2, 0.25) is 65.0 Å². The third-order valence-electron chi connectivity index (χ3n) is 12.5. The van der Waals surface area contributed by atoms with E-state index in [1.54, 1.807) is 13.8 Å². The van der Waals surface area contributed by atoms with E-state index in [1.807, 2.05) is 13.8 Å². The van der Waals surface area contributed by atoms with Gasteiger partial charge >= 0.3 is 0 Å². The van der Waals surface area contributed by atoms with Crippen molar-refractivity contribution in [3.8, 4) is 0 Å². The molecule has 1 fully saturated rings. The van der Waals surface area contributed by atoms with Gasteiger partial charge in [-0.2, -0.15) is 0 Å². The van der Waals surface area contributed by atoms with Crippen molar-refractivity contribution in [1.82, 2.24) is 58.5 Å². The number of carbonyl (C=O) groups excluding carboxylic acids is 11. The molecule has 1 aliphatic rings. The van der Waals surface area contributed by atoms with Crippen molar-refractivity contribution in [3.05, 3.63) is 0 Å². The Bertz CT molecular complexity index is 2010. The molecule has 13 unspecified atom stereocenters. The minimum Gasteiger partial charge on any atom is -0.394 e. The summed E-state index contributed by atoms with van der Waals surface area (Å²) in [6.45, 7) is 8.73. The second-order valence-corrected chi connectivity index (χ2v) is 20.5. The minimum atomic E-state index is -1.90. The third kappa shape index (κ3) is 25.7. The van der Waals surface area contributed by atoms with Gasteiger partial charge in [0.05, 0.1) is 24.9 Å². The highest BCUT2D eigenvalue weighted by Crippen LogP contribution is 2.11. The molecule has 30 heteroatoms. The summed E-state index contributed by atoms with van der Waals surface area (Å²) < 4.78 is 0. The molecule has 11 amide bonds. The van der Waals surface area contributed by atoms with Crippen LogP contribution in [0.5, 0.6) is 0 Å². The van der Waals surface area contributed by atoms with Gasteiger partial charge in [-0.25, -0.2) is 0 Å². The van der Waals surface area contributed by atoms with Crippen molar-refractivity contribution in [2.75, 3.05) is 39.3 Å². The van der Waals surface area contributed by atoms with Crippen LogP contribution in [0.25, 0.3) is 0 Å². The minimum absolute atomic E-state index is 0.0467. The van der Waals surface area contributed by atoms with Crippen LogP contribution in [-0.4, -0.2) is 203 Å². The maximum Gasteiger partial charge on any atom is 0.245 e. The summed E-state index contributed by atoms with van der Waals surface area (Å²) in [5.41, 5.74) is 23.1. The molecule has 0 spiro atoms. The first kappa shape index (κ1) is 70.9. The van der Waals surface area contributed by atoms with E-state index in [2.05, 4.69) is 58.5 Å². The monoisotopic (exact) mass is 1130 g/mol. The second kappa shape index (κ2) is 36.9. The zero-order chi connectivity index (χ0) is 60.1. The number of unbranched alkanes of at least 4 members (excludes halogenated alkanes) is 1. The Kier molecular flexibility index (Phi) is 33.1. The van der Waals surface area contributed by atoms with Crippen LogP contribution < -0.4 is 81.4 Å². The van der Waals surface area contributed by atoms with E-state index in [1.165, 1.54) is 6.92 Å². The second-order valence-electron chi connectivity index (χ2n) is 20.5. The molecule has 0 aromatic rings. The molecule has 452 valence electrons. The summed E-state index contributed by atoms with van der Waals surface area (Å²) in [7, 11) is 0. The molecule has 1 rings (SSSR count). The molecular weight excluding hydrogens is 1040 g/mol. The van der Waals surface area contributed by atoms with Crippen molar-refractivity contribution in [2.24, 2.45) is 34.8 Å². The lowest BCUT2D eigenvalue weighted by Gasteiger charge is -2.29. The van der Waals surface area contributed by atoms with Gasteiger partial charge in [-0.1, -0.05) is 40.5 Å². The van der Waals surface area contributed by atoms with Crippen LogP contribution in [0.2, 0.25) is 0 Å². The maximum atomic E-state index is 14.2. The van der Waals surface area contributed by atoms with Crippen LogP contribution in [-0.2, 0) is 52.7 Å². The van der Waals surface area contributed by atoms with Gasteiger partial charge in [0, 0.05) is 13.0 Å². The van der Waals surface area contributed by atoms with Crippen LogP contribution in [0.4, 0.5) is 0 Å². The predicted molar refractivity (Wildman–Crippen MR) is 287 cm³/mol. The molecule has 13 atom stereocenters. The average molecular weight is 1130 g/mol. The van der Waals surface area contributed by atoms with Gasteiger partial charge in [-0.05, 0) is 104 Å². The lowest BCUT2D eigenvalue weighted by Crippen LogP contribution is -2.62. The normalized spacial score (nSPS) is 23.9. The smallest absolute Gasteiger partial charge is 0.245 e. The molecule has 1 saturated heterocycles. The van der Waals surface area contributed by atoms with Crippen LogP contribution in [0.1, 0.15) is 113 Å². The lowest BCUT2D eigenvalue weighted by atomic mass is 10.0. The van der Waals surface area contributed by atoms with Gasteiger partial charge in [0.15, 0.2) is 0 Å². The van der Waals surface area contributed by atoms with Crippen molar-refractivity contribution in [2.45, 2.75) is 191 Å². The Morgan fingerprint density at radius 2 is 1.01 bits per heavy atom. The van der Waals surface area contributed by atoms with Crippen molar-refractivity contribution < 1.29 is 73.2 Å². The Morgan fingerprint density at radius 3 is 1.48 bits per heavy atom. The molecule has 0 saturated carbocycles. The Hall–Kier alpha value is -6.15. The topological polar surface area (TPSA) is 505 Å². The van der Waals surface area contributed by atoms with Crippen LogP contribution in [0.3, 0.4) is 0 Å². The number of rotatable bonds is 26. The van der Waals surface area contributed by atoms with E-state index >= 15 is 0 Å². The van der Waals surface area contributed by atoms with E-state index in [4.69, 9.17) is 22.9 Å². The van der Waals surface area contributed by atoms with Gasteiger partial charge in [-0.15, -0.1) is 0 Å². The molecule has 1 heterocycles. The van der Waals surface area contributed by atoms with Crippen LogP contribution in [0, 0.1) is 11.8 Å². The summed E-state index contributed by atoms with van der Waals surface area (Å²) in [6.07, 6.45) is -3.81. The first-order valence-corrected chi connectivity index (χ1v) is 26.9. The van der Waals surface area contributed by atoms with Crippen molar-refractivity contribution in [3.63, 3.8) is 0 Å². The molecule has 1 aliphatic heterocycles. The first-order valence-electron chi connectivity index (χ1n) is 26.9. The maximum absolute atomic E-state index is 14.2. The summed E-state index contributed by atoms with van der Waals surface area (Å²) in [5, 5.41) is 68.9. The fourth-order valence-electron chi connectivity index (χ4n) is 8.05. The number of aliphatic hydroxyl groups is 4. The number of hydrogen-bond donors (Lipinski definition) is 19. The average Bonchev–Trinajstić information content (AvgIpc) is 3.36. The summed E-state index contributed by atoms with van der Waals surface area (Å²) in [5.74, 6) is -10.7. The SMILES string of the molecule is CC(C)CCCCC(=O)NC(CCN)C(=O)NC(C(=O)NC(CO)C(=O)NC1CCNC(=O)C(C(C)O)NC(=O)C(CCN)NC(=O)C(CCN)NC(=O)C(C(C)O)NC(=O)C(CC(C)C)NC(=O)C(CCN)NC1=O)C(C)O. The molecule has 0 aromatic carbocycles. The van der Waals surface area contributed by atoms with Crippen LogP contribution in [0.15, 0.2) is 0 Å². The fraction of sp³-hybridized carbons (Fsp3) is 0.776. The predicted octanol–water partition coefficient (Wildman–Crippen LogP) is -7.85. The van der Waals surface area contributed by atoms with E-state index in [-0.39, 0.29) is 70.6 Å². The number of amides is 11. The number of hydrogen-bond acceptors (Lipinski definition) is 19. The van der Waals surface area contributed by atoms with E-state index in [0.717, 1.165) is 26.7 Å². The molecule has 0 aromatic heterocycles. The highest BCUT2D eigenvalue weighted by atomic mass is 16.3. The van der Waals surface area contributed by atoms with E-state index in [9.17, 15) is 73.2 Å². The Morgan fingerprint density at radius 1 is 0.532 bits per heavy atom. The number of nitrogens with two attached hydrogens (primary N) is 4. The van der Waals surface area contributed by atoms with Crippen molar-refractivity contribution >= 4 is 65.0 Å². The quantitative estimate of drug-likeness (QED) is 0.0358. The van der Waals surface area contributed by atoms with Gasteiger partial charge in [0.1, 0.15) is 60.4 Å². The molecule has 30 nitrogen and oxygen atoms in total. The number of carbonyl (C=O) groups is 11. The van der Waals surface area contributed by atoms with Gasteiger partial charge in [0.25, 0.3) is 0 Å². The summed E-state index contributed by atoms with van der Waals surface area (Å²) in [4.78, 5) is 151.